The van der Waals surface area contributed by atoms with Crippen LogP contribution in [0, 0.1) is 11.8 Å². The third-order valence-electron chi connectivity index (χ3n) is 6.22. The Labute approximate surface area is 212 Å². The van der Waals surface area contributed by atoms with Gasteiger partial charge >= 0.3 is 0 Å². The van der Waals surface area contributed by atoms with Crippen molar-refractivity contribution < 1.29 is 13.6 Å². The van der Waals surface area contributed by atoms with E-state index in [1.807, 2.05) is 26.0 Å². The van der Waals surface area contributed by atoms with Gasteiger partial charge in [-0.25, -0.2) is 19.3 Å². The van der Waals surface area contributed by atoms with Crippen molar-refractivity contribution in [3.8, 4) is 0 Å². The molecule has 5 rings (SSSR count). The molecule has 0 aliphatic carbocycles. The smallest absolute Gasteiger partial charge is 0.224 e. The van der Waals surface area contributed by atoms with Crippen molar-refractivity contribution in [1.82, 2.24) is 24.9 Å². The fourth-order valence-corrected chi connectivity index (χ4v) is 4.15. The quantitative estimate of drug-likeness (QED) is 0.214. The summed E-state index contributed by atoms with van der Waals surface area (Å²) in [7, 11) is 0. The second-order valence-electron chi connectivity index (χ2n) is 8.72. The molecule has 0 aliphatic heterocycles. The van der Waals surface area contributed by atoms with Crippen LogP contribution >= 0.6 is 0 Å². The van der Waals surface area contributed by atoms with Gasteiger partial charge in [0.25, 0.3) is 0 Å². The van der Waals surface area contributed by atoms with Gasteiger partial charge in [-0.1, -0.05) is 25.1 Å². The first-order valence-corrected chi connectivity index (χ1v) is 11.9. The summed E-state index contributed by atoms with van der Waals surface area (Å²) < 4.78 is 28.4. The van der Waals surface area contributed by atoms with E-state index in [2.05, 4.69) is 30.2 Å². The van der Waals surface area contributed by atoms with E-state index in [-0.39, 0.29) is 23.0 Å². The highest BCUT2D eigenvalue weighted by atomic mass is 19.1. The topological polar surface area (TPSA) is 96.5 Å². The van der Waals surface area contributed by atoms with E-state index in [0.717, 1.165) is 23.2 Å². The predicted octanol–water partition coefficient (Wildman–Crippen LogP) is 5.58. The van der Waals surface area contributed by atoms with Gasteiger partial charge in [-0.05, 0) is 54.8 Å². The van der Waals surface area contributed by atoms with Crippen LogP contribution in [0.3, 0.4) is 0 Å². The lowest BCUT2D eigenvalue weighted by Gasteiger charge is -2.16. The number of aromatic nitrogens is 5. The molecular formula is C28H24F2N6O. The Morgan fingerprint density at radius 1 is 0.973 bits per heavy atom. The number of nitrogens with one attached hydrogen (secondary N) is 2. The summed E-state index contributed by atoms with van der Waals surface area (Å²) in [6.07, 6.45) is 5.85. The number of ketones is 1. The third-order valence-corrected chi connectivity index (χ3v) is 6.22. The highest BCUT2D eigenvalue weighted by Gasteiger charge is 2.23. The van der Waals surface area contributed by atoms with Crippen LogP contribution in [0.5, 0.6) is 0 Å². The van der Waals surface area contributed by atoms with E-state index in [1.54, 1.807) is 24.4 Å². The maximum absolute atomic E-state index is 15.0. The van der Waals surface area contributed by atoms with Crippen LogP contribution in [0.15, 0.2) is 67.3 Å². The molecule has 0 saturated heterocycles. The molecule has 7 nitrogen and oxygen atoms in total. The Hall–Kier alpha value is -4.53. The monoisotopic (exact) mass is 498 g/mol. The van der Waals surface area contributed by atoms with Crippen LogP contribution < -0.4 is 5.32 Å². The van der Waals surface area contributed by atoms with Gasteiger partial charge in [0.05, 0.1) is 16.5 Å². The molecule has 37 heavy (non-hydrogen) atoms. The number of rotatable bonds is 8. The van der Waals surface area contributed by atoms with Crippen molar-refractivity contribution in [3.05, 3.63) is 113 Å². The molecular weight excluding hydrogens is 474 g/mol. The second-order valence-corrected chi connectivity index (χ2v) is 8.72. The Balaban J connectivity index is 1.42. The van der Waals surface area contributed by atoms with Crippen LogP contribution in [0.4, 0.5) is 14.6 Å². The first kappa shape index (κ1) is 24.2. The van der Waals surface area contributed by atoms with E-state index >= 15 is 4.39 Å². The summed E-state index contributed by atoms with van der Waals surface area (Å²) >= 11 is 0. The molecule has 0 fully saturated rings. The Morgan fingerprint density at radius 2 is 1.76 bits per heavy atom. The lowest BCUT2D eigenvalue weighted by atomic mass is 10.0. The Bertz CT molecular complexity index is 1560. The minimum Gasteiger partial charge on any atom is -0.363 e. The molecule has 4 heterocycles. The third kappa shape index (κ3) is 5.06. The van der Waals surface area contributed by atoms with Crippen LogP contribution in [-0.4, -0.2) is 30.7 Å². The highest BCUT2D eigenvalue weighted by Crippen LogP contribution is 2.29. The van der Waals surface area contributed by atoms with Crippen molar-refractivity contribution in [1.29, 1.82) is 0 Å². The van der Waals surface area contributed by atoms with Gasteiger partial charge < -0.3 is 10.3 Å². The van der Waals surface area contributed by atoms with Crippen LogP contribution in [0.2, 0.25) is 0 Å². The lowest BCUT2D eigenvalue weighted by Crippen LogP contribution is -2.11. The fraction of sp³-hybridized carbons (Fsp3) is 0.179. The number of carbonyl (C=O) groups is 1. The van der Waals surface area contributed by atoms with E-state index in [4.69, 9.17) is 0 Å². The fourth-order valence-electron chi connectivity index (χ4n) is 4.15. The standard InChI is InChI=1S/C28H24F2N6O/c1-3-20-9-4-17(13-31-20)12-21-10-11-22(26(30)36-21)25(37)23-14-32-27-24(23)28(34-15-33-27)35-16(2)18-5-7-19(29)8-6-18/h4-11,13-16H,3,12H2,1-2H3,(H2,32,33,34,35)/t16-/m0/s1. The van der Waals surface area contributed by atoms with E-state index in [9.17, 15) is 9.18 Å². The van der Waals surface area contributed by atoms with Crippen LogP contribution in [-0.2, 0) is 12.8 Å². The molecule has 5 aromatic rings. The van der Waals surface area contributed by atoms with Crippen LogP contribution in [0.1, 0.15) is 58.3 Å². The van der Waals surface area contributed by atoms with Gasteiger partial charge in [-0.2, -0.15) is 4.39 Å². The van der Waals surface area contributed by atoms with Gasteiger partial charge in [0.2, 0.25) is 5.95 Å². The summed E-state index contributed by atoms with van der Waals surface area (Å²) in [5.74, 6) is -1.31. The van der Waals surface area contributed by atoms with E-state index in [1.165, 1.54) is 30.7 Å². The number of benzene rings is 1. The van der Waals surface area contributed by atoms with E-state index in [0.29, 0.717) is 29.0 Å². The van der Waals surface area contributed by atoms with Gasteiger partial charge in [0.15, 0.2) is 5.78 Å². The molecule has 0 radical (unpaired) electrons. The normalized spacial score (nSPS) is 12.0. The summed E-state index contributed by atoms with van der Waals surface area (Å²) in [6.45, 7) is 3.92. The number of aromatic amines is 1. The number of pyridine rings is 2. The molecule has 0 bridgehead atoms. The number of hydrogen-bond donors (Lipinski definition) is 2. The van der Waals surface area contributed by atoms with Crippen molar-refractivity contribution in [2.24, 2.45) is 0 Å². The first-order chi connectivity index (χ1) is 17.9. The summed E-state index contributed by atoms with van der Waals surface area (Å²) in [4.78, 5) is 33.3. The predicted molar refractivity (Wildman–Crippen MR) is 136 cm³/mol. The van der Waals surface area contributed by atoms with Crippen molar-refractivity contribution in [3.63, 3.8) is 0 Å². The molecule has 4 aromatic heterocycles. The lowest BCUT2D eigenvalue weighted by molar-refractivity contribution is 0.103. The van der Waals surface area contributed by atoms with Gasteiger partial charge in [0.1, 0.15) is 23.6 Å². The zero-order chi connectivity index (χ0) is 25.9. The summed E-state index contributed by atoms with van der Waals surface area (Å²) in [5, 5.41) is 3.69. The molecule has 0 amide bonds. The Morgan fingerprint density at radius 3 is 2.46 bits per heavy atom. The molecule has 0 saturated carbocycles. The molecule has 9 heteroatoms. The number of halogens is 2. The van der Waals surface area contributed by atoms with Crippen molar-refractivity contribution >= 4 is 22.6 Å². The molecule has 186 valence electrons. The maximum atomic E-state index is 15.0. The minimum atomic E-state index is -0.846. The number of anilines is 1. The highest BCUT2D eigenvalue weighted by molar-refractivity contribution is 6.18. The average molecular weight is 499 g/mol. The molecule has 0 aliphatic rings. The maximum Gasteiger partial charge on any atom is 0.224 e. The van der Waals surface area contributed by atoms with Gasteiger partial charge in [0, 0.05) is 36.2 Å². The molecule has 2 N–H and O–H groups in total. The minimum absolute atomic E-state index is 0.148. The SMILES string of the molecule is CCc1ccc(Cc2ccc(C(=O)c3c[nH]c4ncnc(N[C@@H](C)c5ccc(F)cc5)c34)c(F)n2)cn1. The summed E-state index contributed by atoms with van der Waals surface area (Å²) in [5.41, 5.74) is 3.72. The molecule has 0 unspecified atom stereocenters. The van der Waals surface area contributed by atoms with Gasteiger partial charge in [-0.15, -0.1) is 0 Å². The number of carbonyl (C=O) groups excluding carboxylic acids is 1. The number of H-pyrrole nitrogens is 1. The molecule has 1 aromatic carbocycles. The number of nitrogens with zero attached hydrogens (tertiary/aromatic N) is 4. The first-order valence-electron chi connectivity index (χ1n) is 11.9. The largest absolute Gasteiger partial charge is 0.363 e. The number of fused-ring (bicyclic) bond motifs is 1. The zero-order valence-electron chi connectivity index (χ0n) is 20.3. The molecule has 1 atom stereocenters. The average Bonchev–Trinajstić information content (AvgIpc) is 3.34. The van der Waals surface area contributed by atoms with Crippen LogP contribution in [0.25, 0.3) is 11.0 Å². The summed E-state index contributed by atoms with van der Waals surface area (Å²) in [6, 6.07) is 12.8. The number of hydrogen-bond acceptors (Lipinski definition) is 6. The zero-order valence-corrected chi connectivity index (χ0v) is 20.3. The van der Waals surface area contributed by atoms with E-state index < -0.39 is 11.7 Å². The second kappa shape index (κ2) is 10.2. The Kier molecular flexibility index (Phi) is 6.68. The van der Waals surface area contributed by atoms with Gasteiger partial charge in [-0.3, -0.25) is 9.78 Å². The van der Waals surface area contributed by atoms with Crippen molar-refractivity contribution in [2.75, 3.05) is 5.32 Å². The van der Waals surface area contributed by atoms with Crippen molar-refractivity contribution in [2.45, 2.75) is 32.7 Å². The number of aryl methyl sites for hydroxylation is 1. The molecule has 0 spiro atoms.